The molecule has 54 heavy (non-hydrogen) atoms. The van der Waals surface area contributed by atoms with Crippen molar-refractivity contribution < 1.29 is 70.5 Å². The number of hydrogen-bond donors (Lipinski definition) is 1. The summed E-state index contributed by atoms with van der Waals surface area (Å²) in [6.45, 7) is 6.59. The summed E-state index contributed by atoms with van der Waals surface area (Å²) in [5, 5.41) is 11.0. The van der Waals surface area contributed by atoms with Crippen LogP contribution >= 0.6 is 0 Å². The number of ether oxygens (including phenoxy) is 1. The van der Waals surface area contributed by atoms with E-state index in [1.54, 1.807) is 13.3 Å². The number of nitrogens with one attached hydrogen (secondary N) is 1. The molecule has 4 aromatic rings. The number of halogens is 6. The SMILES string of the molecule is COCC1(CN(C)c2cc(-c3cc(C(F)(F)F)cc(C(F)(F)F)c3)nc3nc(-c4cnc(N5C[C@@H](C)N(CCC(=O)[O-])[C@@H](C)C5)cn4)[nH]c23)CCCC1.[Na+]. The fourth-order valence-corrected chi connectivity index (χ4v) is 7.82. The van der Waals surface area contributed by atoms with Crippen LogP contribution in [0.1, 0.15) is 57.1 Å². The zero-order valence-corrected chi connectivity index (χ0v) is 32.8. The van der Waals surface area contributed by atoms with Crippen LogP contribution in [0.15, 0.2) is 36.7 Å². The number of nitrogens with zero attached hydrogens (tertiary/aromatic N) is 7. The molecule has 2 fully saturated rings. The molecule has 3 aromatic heterocycles. The number of hydrogen-bond acceptors (Lipinski definition) is 10. The summed E-state index contributed by atoms with van der Waals surface area (Å²) in [6.07, 6.45) is -3.16. The van der Waals surface area contributed by atoms with Gasteiger partial charge in [-0.05, 0) is 57.4 Å². The molecule has 0 radical (unpaired) electrons. The van der Waals surface area contributed by atoms with E-state index in [0.717, 1.165) is 25.7 Å². The van der Waals surface area contributed by atoms with Crippen molar-refractivity contribution in [1.82, 2.24) is 29.8 Å². The molecule has 18 heteroatoms. The van der Waals surface area contributed by atoms with Gasteiger partial charge >= 0.3 is 41.9 Å². The van der Waals surface area contributed by atoms with Crippen molar-refractivity contribution in [1.29, 1.82) is 0 Å². The van der Waals surface area contributed by atoms with Crippen LogP contribution in [0.25, 0.3) is 33.9 Å². The molecule has 6 rings (SSSR count). The third-order valence-corrected chi connectivity index (χ3v) is 10.3. The van der Waals surface area contributed by atoms with Gasteiger partial charge in [0.2, 0.25) is 0 Å². The summed E-state index contributed by atoms with van der Waals surface area (Å²) in [7, 11) is 3.45. The van der Waals surface area contributed by atoms with Gasteiger partial charge in [0.25, 0.3) is 0 Å². The van der Waals surface area contributed by atoms with Gasteiger partial charge in [-0.3, -0.25) is 4.90 Å². The van der Waals surface area contributed by atoms with Gasteiger partial charge in [0.15, 0.2) is 11.5 Å². The Morgan fingerprint density at radius 2 is 1.59 bits per heavy atom. The number of carboxylic acid groups (broad SMARTS) is 1. The molecule has 11 nitrogen and oxygen atoms in total. The Morgan fingerprint density at radius 3 is 2.13 bits per heavy atom. The molecule has 1 saturated heterocycles. The number of alkyl halides is 6. The molecule has 1 aromatic carbocycles. The summed E-state index contributed by atoms with van der Waals surface area (Å²) in [4.78, 5) is 38.7. The first-order chi connectivity index (χ1) is 25.0. The number of imidazole rings is 1. The molecule has 1 N–H and O–H groups in total. The van der Waals surface area contributed by atoms with Gasteiger partial charge in [-0.25, -0.2) is 19.9 Å². The quantitative estimate of drug-likeness (QED) is 0.180. The smallest absolute Gasteiger partial charge is 0.550 e. The summed E-state index contributed by atoms with van der Waals surface area (Å²) in [5.41, 5.74) is -2.19. The summed E-state index contributed by atoms with van der Waals surface area (Å²) >= 11 is 0. The van der Waals surface area contributed by atoms with Gasteiger partial charge in [0, 0.05) is 69.4 Å². The first kappa shape index (κ1) is 41.6. The number of H-pyrrole nitrogens is 1. The van der Waals surface area contributed by atoms with E-state index in [1.807, 2.05) is 25.8 Å². The Kier molecular flexibility index (Phi) is 12.6. The summed E-state index contributed by atoms with van der Waals surface area (Å²) in [5.74, 6) is -0.229. The number of carbonyl (C=O) groups excluding carboxylic acids is 1. The third-order valence-electron chi connectivity index (χ3n) is 10.3. The number of carboxylic acids is 1. The molecule has 1 aliphatic carbocycles. The third kappa shape index (κ3) is 9.12. The van der Waals surface area contributed by atoms with Crippen molar-refractivity contribution in [3.63, 3.8) is 0 Å². The molecular formula is C36H41F6N8NaO3. The molecule has 0 amide bonds. The minimum absolute atomic E-state index is 0. The fourth-order valence-electron chi connectivity index (χ4n) is 7.82. The monoisotopic (exact) mass is 770 g/mol. The number of aliphatic carboxylic acids is 1. The normalized spacial score (nSPS) is 19.3. The fraction of sp³-hybridized carbons (Fsp3) is 0.528. The molecule has 0 spiro atoms. The number of carbonyl (C=O) groups is 1. The zero-order valence-electron chi connectivity index (χ0n) is 30.8. The van der Waals surface area contributed by atoms with E-state index in [2.05, 4.69) is 34.7 Å². The molecule has 2 atom stereocenters. The number of aromatic nitrogens is 5. The molecule has 2 aliphatic rings. The standard InChI is InChI=1S/C36H42F6N8O3.Na/c1-21-17-49(18-22(2)50(21)10-7-30(51)52)29-16-43-27(15-44-29)32-46-31-28(48(3)19-34(20-53-4)8-5-6-9-34)14-26(45-33(31)47-32)23-11-24(35(37,38)39)13-25(12-23)36(40,41)42;/h11-16,21-22H,5-10,17-20H2,1-4H3,(H,51,52)(H,45,46,47);/q;+1/p-1/t21-,22+;. The second-order valence-corrected chi connectivity index (χ2v) is 14.3. The van der Waals surface area contributed by atoms with Crippen LogP contribution in [0.2, 0.25) is 0 Å². The van der Waals surface area contributed by atoms with E-state index < -0.39 is 29.4 Å². The van der Waals surface area contributed by atoms with E-state index in [9.17, 15) is 36.2 Å². The summed E-state index contributed by atoms with van der Waals surface area (Å²) < 4.78 is 88.6. The maximum Gasteiger partial charge on any atom is 1.00 e. The summed E-state index contributed by atoms with van der Waals surface area (Å²) in [6, 6.07) is 3.00. The van der Waals surface area contributed by atoms with Crippen LogP contribution < -0.4 is 44.5 Å². The molecule has 1 saturated carbocycles. The zero-order chi connectivity index (χ0) is 38.3. The number of methoxy groups -OCH3 is 1. The first-order valence-corrected chi connectivity index (χ1v) is 17.4. The number of anilines is 2. The van der Waals surface area contributed by atoms with E-state index in [0.29, 0.717) is 67.6 Å². The Hall–Kier alpha value is -3.51. The van der Waals surface area contributed by atoms with Crippen molar-refractivity contribution in [2.24, 2.45) is 5.41 Å². The number of rotatable bonds is 11. The van der Waals surface area contributed by atoms with E-state index in [-0.39, 0.29) is 82.3 Å². The first-order valence-electron chi connectivity index (χ1n) is 17.4. The van der Waals surface area contributed by atoms with Crippen LogP contribution in [-0.2, 0) is 21.9 Å². The number of benzene rings is 1. The second kappa shape index (κ2) is 16.3. The molecule has 286 valence electrons. The average Bonchev–Trinajstić information content (AvgIpc) is 3.74. The molecule has 1 aliphatic heterocycles. The average molecular weight is 771 g/mol. The van der Waals surface area contributed by atoms with Gasteiger partial charge in [-0.15, -0.1) is 0 Å². The largest absolute Gasteiger partial charge is 1.00 e. The van der Waals surface area contributed by atoms with Crippen molar-refractivity contribution in [3.8, 4) is 22.8 Å². The van der Waals surface area contributed by atoms with Gasteiger partial charge < -0.3 is 29.4 Å². The Labute approximate surface area is 330 Å². The van der Waals surface area contributed by atoms with Crippen LogP contribution in [0.5, 0.6) is 0 Å². The maximum atomic E-state index is 13.8. The van der Waals surface area contributed by atoms with Crippen LogP contribution in [0.3, 0.4) is 0 Å². The van der Waals surface area contributed by atoms with Crippen LogP contribution in [-0.4, -0.2) is 94.8 Å². The number of fused-ring (bicyclic) bond motifs is 1. The molecule has 0 unspecified atom stereocenters. The Bertz CT molecular complexity index is 1890. The number of aromatic amines is 1. The minimum Gasteiger partial charge on any atom is -0.550 e. The molecule has 4 heterocycles. The van der Waals surface area contributed by atoms with Crippen molar-refractivity contribution >= 4 is 28.6 Å². The van der Waals surface area contributed by atoms with Crippen molar-refractivity contribution in [3.05, 3.63) is 47.8 Å². The number of piperazine rings is 1. The number of pyridine rings is 1. The van der Waals surface area contributed by atoms with Crippen LogP contribution in [0, 0.1) is 5.41 Å². The molecular weight excluding hydrogens is 729 g/mol. The van der Waals surface area contributed by atoms with Gasteiger partial charge in [0.05, 0.1) is 41.5 Å². The Balaban J connectivity index is 0.00000561. The maximum absolute atomic E-state index is 13.8. The predicted octanol–water partition coefficient (Wildman–Crippen LogP) is 2.81. The van der Waals surface area contributed by atoms with E-state index >= 15 is 0 Å². The minimum atomic E-state index is -5.03. The van der Waals surface area contributed by atoms with E-state index in [1.165, 1.54) is 12.3 Å². The van der Waals surface area contributed by atoms with Gasteiger partial charge in [0.1, 0.15) is 17.0 Å². The van der Waals surface area contributed by atoms with Crippen molar-refractivity contribution in [2.45, 2.75) is 70.4 Å². The van der Waals surface area contributed by atoms with E-state index in [4.69, 9.17) is 4.74 Å². The topological polar surface area (TPSA) is 126 Å². The predicted molar refractivity (Wildman–Crippen MR) is 184 cm³/mol. The Morgan fingerprint density at radius 1 is 0.963 bits per heavy atom. The van der Waals surface area contributed by atoms with Gasteiger partial charge in [-0.2, -0.15) is 26.3 Å². The second-order valence-electron chi connectivity index (χ2n) is 14.3. The van der Waals surface area contributed by atoms with Gasteiger partial charge in [-0.1, -0.05) is 12.8 Å². The molecule has 0 bridgehead atoms. The van der Waals surface area contributed by atoms with Crippen LogP contribution in [0.4, 0.5) is 37.8 Å². The van der Waals surface area contributed by atoms with Crippen molar-refractivity contribution in [2.75, 3.05) is 56.7 Å².